The summed E-state index contributed by atoms with van der Waals surface area (Å²) in [5.41, 5.74) is 7.61. The summed E-state index contributed by atoms with van der Waals surface area (Å²) in [5.74, 6) is -0.209. The van der Waals surface area contributed by atoms with Crippen LogP contribution < -0.4 is 5.73 Å². The quantitative estimate of drug-likeness (QED) is 0.798. The lowest BCUT2D eigenvalue weighted by Gasteiger charge is -2.18. The van der Waals surface area contributed by atoms with Gasteiger partial charge in [-0.3, -0.25) is 5.01 Å². The molecule has 0 spiro atoms. The molecule has 1 aromatic carbocycles. The van der Waals surface area contributed by atoms with E-state index in [-0.39, 0.29) is 11.9 Å². The van der Waals surface area contributed by atoms with Crippen LogP contribution in [0.25, 0.3) is 0 Å². The van der Waals surface area contributed by atoms with E-state index in [9.17, 15) is 4.39 Å². The van der Waals surface area contributed by atoms with E-state index in [1.54, 1.807) is 12.1 Å². The van der Waals surface area contributed by atoms with Crippen molar-refractivity contribution in [1.82, 2.24) is 5.01 Å². The molecule has 0 bridgehead atoms. The monoisotopic (exact) mass is 207 g/mol. The Morgan fingerprint density at radius 2 is 2.13 bits per heavy atom. The minimum Gasteiger partial charge on any atom is -0.325 e. The molecule has 1 aliphatic rings. The highest BCUT2D eigenvalue weighted by atomic mass is 19.1. The van der Waals surface area contributed by atoms with Crippen molar-refractivity contribution in [1.29, 1.82) is 0 Å². The van der Waals surface area contributed by atoms with Gasteiger partial charge in [-0.15, -0.1) is 0 Å². The van der Waals surface area contributed by atoms with Gasteiger partial charge >= 0.3 is 0 Å². The maximum Gasteiger partial charge on any atom is 0.123 e. The van der Waals surface area contributed by atoms with Gasteiger partial charge in [-0.05, 0) is 17.7 Å². The molecule has 80 valence electrons. The van der Waals surface area contributed by atoms with Gasteiger partial charge in [0.2, 0.25) is 0 Å². The predicted octanol–water partition coefficient (Wildman–Crippen LogP) is 1.52. The third-order valence-corrected chi connectivity index (χ3v) is 2.67. The molecule has 0 aliphatic carbocycles. The summed E-state index contributed by atoms with van der Waals surface area (Å²) in [7, 11) is 1.91. The second-order valence-corrected chi connectivity index (χ2v) is 3.72. The van der Waals surface area contributed by atoms with Gasteiger partial charge in [0.15, 0.2) is 0 Å². The first-order valence-corrected chi connectivity index (χ1v) is 4.95. The number of halogens is 1. The Morgan fingerprint density at radius 1 is 1.47 bits per heavy atom. The Labute approximate surface area is 88.4 Å². The fourth-order valence-corrected chi connectivity index (χ4v) is 1.83. The van der Waals surface area contributed by atoms with Crippen LogP contribution in [0.5, 0.6) is 0 Å². The highest BCUT2D eigenvalue weighted by Gasteiger charge is 2.24. The molecular formula is C11H14FN3. The zero-order valence-corrected chi connectivity index (χ0v) is 8.65. The lowest BCUT2D eigenvalue weighted by molar-refractivity contribution is 0.289. The van der Waals surface area contributed by atoms with Crippen LogP contribution in [0.3, 0.4) is 0 Å². The Balaban J connectivity index is 2.17. The SMILES string of the molecule is CN1N=C(CN)CC1c1ccc(F)cc1. The third-order valence-electron chi connectivity index (χ3n) is 2.67. The number of rotatable bonds is 2. The van der Waals surface area contributed by atoms with Crippen molar-refractivity contribution < 1.29 is 4.39 Å². The van der Waals surface area contributed by atoms with Crippen molar-refractivity contribution in [2.75, 3.05) is 13.6 Å². The summed E-state index contributed by atoms with van der Waals surface area (Å²) in [6.45, 7) is 0.488. The van der Waals surface area contributed by atoms with Crippen LogP contribution >= 0.6 is 0 Å². The van der Waals surface area contributed by atoms with Crippen LogP contribution in [-0.2, 0) is 0 Å². The molecule has 0 radical (unpaired) electrons. The largest absolute Gasteiger partial charge is 0.325 e. The Bertz CT molecular complexity index is 372. The zero-order chi connectivity index (χ0) is 10.8. The van der Waals surface area contributed by atoms with Gasteiger partial charge in [-0.2, -0.15) is 5.10 Å². The maximum atomic E-state index is 12.8. The predicted molar refractivity (Wildman–Crippen MR) is 58.0 cm³/mol. The average Bonchev–Trinajstić information content (AvgIpc) is 2.61. The molecule has 2 rings (SSSR count). The first-order chi connectivity index (χ1) is 7.20. The number of nitrogens with two attached hydrogens (primary N) is 1. The van der Waals surface area contributed by atoms with Gasteiger partial charge in [0, 0.05) is 20.0 Å². The molecule has 2 N–H and O–H groups in total. The third kappa shape index (κ3) is 1.99. The lowest BCUT2D eigenvalue weighted by Crippen LogP contribution is -2.14. The van der Waals surface area contributed by atoms with E-state index < -0.39 is 0 Å². The number of nitrogens with zero attached hydrogens (tertiary/aromatic N) is 2. The molecule has 0 saturated heterocycles. The molecule has 0 amide bonds. The summed E-state index contributed by atoms with van der Waals surface area (Å²) >= 11 is 0. The molecule has 1 atom stereocenters. The molecule has 3 nitrogen and oxygen atoms in total. The van der Waals surface area contributed by atoms with Gasteiger partial charge in [0.05, 0.1) is 11.8 Å². The summed E-state index contributed by atoms with van der Waals surface area (Å²) in [6.07, 6.45) is 0.832. The van der Waals surface area contributed by atoms with E-state index >= 15 is 0 Å². The molecule has 0 aromatic heterocycles. The molecule has 1 aliphatic heterocycles. The van der Waals surface area contributed by atoms with Crippen LogP contribution in [-0.4, -0.2) is 24.3 Å². The first-order valence-electron chi connectivity index (χ1n) is 4.95. The van der Waals surface area contributed by atoms with Gasteiger partial charge < -0.3 is 5.73 Å². The number of hydrogen-bond acceptors (Lipinski definition) is 3. The molecule has 1 unspecified atom stereocenters. The molecule has 0 saturated carbocycles. The summed E-state index contributed by atoms with van der Waals surface area (Å²) in [6, 6.07) is 6.74. The van der Waals surface area contributed by atoms with Gasteiger partial charge in [0.25, 0.3) is 0 Å². The Hall–Kier alpha value is -1.42. The smallest absolute Gasteiger partial charge is 0.123 e. The lowest BCUT2D eigenvalue weighted by atomic mass is 10.0. The highest BCUT2D eigenvalue weighted by Crippen LogP contribution is 2.28. The first kappa shape index (κ1) is 10.1. The molecule has 1 heterocycles. The van der Waals surface area contributed by atoms with E-state index in [0.717, 1.165) is 17.7 Å². The minimum atomic E-state index is -0.209. The normalized spacial score (nSPS) is 20.6. The van der Waals surface area contributed by atoms with Crippen LogP contribution in [0.15, 0.2) is 29.4 Å². The number of benzene rings is 1. The maximum absolute atomic E-state index is 12.8. The topological polar surface area (TPSA) is 41.6 Å². The van der Waals surface area contributed by atoms with Crippen molar-refractivity contribution in [3.05, 3.63) is 35.6 Å². The fraction of sp³-hybridized carbons (Fsp3) is 0.364. The summed E-state index contributed by atoms with van der Waals surface area (Å²) < 4.78 is 12.8. The van der Waals surface area contributed by atoms with E-state index in [1.807, 2.05) is 12.1 Å². The van der Waals surface area contributed by atoms with E-state index in [4.69, 9.17) is 5.73 Å². The number of hydrazone groups is 1. The van der Waals surface area contributed by atoms with Crippen molar-refractivity contribution in [2.45, 2.75) is 12.5 Å². The van der Waals surface area contributed by atoms with Crippen LogP contribution in [0, 0.1) is 5.82 Å². The van der Waals surface area contributed by atoms with Crippen molar-refractivity contribution in [3.8, 4) is 0 Å². The van der Waals surface area contributed by atoms with E-state index in [1.165, 1.54) is 12.1 Å². The second kappa shape index (κ2) is 3.98. The zero-order valence-electron chi connectivity index (χ0n) is 8.65. The Kier molecular flexibility index (Phi) is 2.68. The summed E-state index contributed by atoms with van der Waals surface area (Å²) in [4.78, 5) is 0. The number of hydrogen-bond donors (Lipinski definition) is 1. The molecule has 1 aromatic rings. The fourth-order valence-electron chi connectivity index (χ4n) is 1.83. The highest BCUT2D eigenvalue weighted by molar-refractivity contribution is 5.87. The summed E-state index contributed by atoms with van der Waals surface area (Å²) in [5, 5.41) is 6.20. The van der Waals surface area contributed by atoms with Crippen molar-refractivity contribution >= 4 is 5.71 Å². The molecule has 15 heavy (non-hydrogen) atoms. The average molecular weight is 207 g/mol. The van der Waals surface area contributed by atoms with Crippen molar-refractivity contribution in [3.63, 3.8) is 0 Å². The Morgan fingerprint density at radius 3 is 2.67 bits per heavy atom. The van der Waals surface area contributed by atoms with Gasteiger partial charge in [-0.25, -0.2) is 4.39 Å². The van der Waals surface area contributed by atoms with E-state index in [0.29, 0.717) is 6.54 Å². The van der Waals surface area contributed by atoms with Gasteiger partial charge in [0.1, 0.15) is 5.82 Å². The van der Waals surface area contributed by atoms with Crippen LogP contribution in [0.4, 0.5) is 4.39 Å². The standard InChI is InChI=1S/C11H14FN3/c1-15-11(6-10(7-13)14-15)8-2-4-9(12)5-3-8/h2-5,11H,6-7,13H2,1H3. The van der Waals surface area contributed by atoms with Crippen LogP contribution in [0.1, 0.15) is 18.0 Å². The second-order valence-electron chi connectivity index (χ2n) is 3.72. The van der Waals surface area contributed by atoms with Crippen LogP contribution in [0.2, 0.25) is 0 Å². The molecular weight excluding hydrogens is 193 g/mol. The van der Waals surface area contributed by atoms with E-state index in [2.05, 4.69) is 5.10 Å². The molecule has 4 heteroatoms. The van der Waals surface area contributed by atoms with Crippen molar-refractivity contribution in [2.24, 2.45) is 10.8 Å². The minimum absolute atomic E-state index is 0.198. The molecule has 0 fully saturated rings. The van der Waals surface area contributed by atoms with Gasteiger partial charge in [-0.1, -0.05) is 12.1 Å².